The summed E-state index contributed by atoms with van der Waals surface area (Å²) in [6.07, 6.45) is 3.95. The minimum absolute atomic E-state index is 0.0745. The lowest BCUT2D eigenvalue weighted by atomic mass is 10.0. The molecule has 0 aliphatic rings. The summed E-state index contributed by atoms with van der Waals surface area (Å²) >= 11 is 3.35. The molecular weight excluding hydrogens is 240 g/mol. The maximum absolute atomic E-state index is 6.02. The fourth-order valence-corrected chi connectivity index (χ4v) is 1.50. The number of rotatable bonds is 4. The van der Waals surface area contributed by atoms with Crippen molar-refractivity contribution < 1.29 is 0 Å². The van der Waals surface area contributed by atoms with Crippen LogP contribution in [0.4, 0.5) is 0 Å². The molecule has 0 aliphatic heterocycles. The molecule has 14 heavy (non-hydrogen) atoms. The van der Waals surface area contributed by atoms with Crippen LogP contribution in [0.1, 0.15) is 38.4 Å². The largest absolute Gasteiger partial charge is 0.323 e. The van der Waals surface area contributed by atoms with Crippen LogP contribution in [0.5, 0.6) is 0 Å². The first kappa shape index (κ1) is 11.7. The summed E-state index contributed by atoms with van der Waals surface area (Å²) in [5, 5.41) is 0. The molecule has 1 aromatic heterocycles. The van der Waals surface area contributed by atoms with E-state index in [1.54, 1.807) is 6.20 Å². The highest BCUT2D eigenvalue weighted by atomic mass is 79.9. The van der Waals surface area contributed by atoms with Crippen LogP contribution in [0.25, 0.3) is 0 Å². The van der Waals surface area contributed by atoms with Crippen LogP contribution in [-0.4, -0.2) is 4.98 Å². The Morgan fingerprint density at radius 1 is 1.36 bits per heavy atom. The first-order valence-electron chi connectivity index (χ1n) is 4.96. The van der Waals surface area contributed by atoms with Crippen LogP contribution in [-0.2, 0) is 0 Å². The SMILES string of the molecule is CC(C)CCC(N)c1ccc(Br)cn1. The average molecular weight is 257 g/mol. The molecule has 0 saturated carbocycles. The number of nitrogens with zero attached hydrogens (tertiary/aromatic N) is 1. The van der Waals surface area contributed by atoms with Crippen LogP contribution in [0.15, 0.2) is 22.8 Å². The van der Waals surface area contributed by atoms with E-state index in [0.717, 1.165) is 23.0 Å². The van der Waals surface area contributed by atoms with Gasteiger partial charge < -0.3 is 5.73 Å². The van der Waals surface area contributed by atoms with E-state index in [1.165, 1.54) is 0 Å². The third-order valence-electron chi connectivity index (χ3n) is 2.19. The fourth-order valence-electron chi connectivity index (χ4n) is 1.27. The van der Waals surface area contributed by atoms with E-state index < -0.39 is 0 Å². The first-order valence-corrected chi connectivity index (χ1v) is 5.76. The Labute approximate surface area is 94.0 Å². The highest BCUT2D eigenvalue weighted by Gasteiger charge is 2.07. The second kappa shape index (κ2) is 5.47. The van der Waals surface area contributed by atoms with Gasteiger partial charge in [0.1, 0.15) is 0 Å². The van der Waals surface area contributed by atoms with E-state index in [4.69, 9.17) is 5.73 Å². The number of hydrogen-bond acceptors (Lipinski definition) is 2. The van der Waals surface area contributed by atoms with E-state index in [9.17, 15) is 0 Å². The predicted octanol–water partition coefficient (Wildman–Crippen LogP) is 3.28. The molecule has 0 amide bonds. The summed E-state index contributed by atoms with van der Waals surface area (Å²) in [5.41, 5.74) is 7.00. The molecule has 0 aromatic carbocycles. The van der Waals surface area contributed by atoms with E-state index in [2.05, 4.69) is 34.8 Å². The normalized spacial score (nSPS) is 13.2. The van der Waals surface area contributed by atoms with Crippen LogP contribution in [0.3, 0.4) is 0 Å². The zero-order valence-corrected chi connectivity index (χ0v) is 10.3. The number of aromatic nitrogens is 1. The summed E-state index contributed by atoms with van der Waals surface area (Å²) in [7, 11) is 0. The molecule has 1 unspecified atom stereocenters. The molecule has 1 atom stereocenters. The Morgan fingerprint density at radius 3 is 2.57 bits per heavy atom. The zero-order chi connectivity index (χ0) is 10.6. The fraction of sp³-hybridized carbons (Fsp3) is 0.545. The van der Waals surface area contributed by atoms with E-state index in [-0.39, 0.29) is 6.04 Å². The van der Waals surface area contributed by atoms with Crippen molar-refractivity contribution in [3.63, 3.8) is 0 Å². The lowest BCUT2D eigenvalue weighted by molar-refractivity contribution is 0.501. The molecule has 1 aromatic rings. The summed E-state index contributed by atoms with van der Waals surface area (Å²) in [5.74, 6) is 0.705. The van der Waals surface area contributed by atoms with Gasteiger partial charge in [0.2, 0.25) is 0 Å². The lowest BCUT2D eigenvalue weighted by Gasteiger charge is -2.12. The van der Waals surface area contributed by atoms with Gasteiger partial charge in [-0.15, -0.1) is 0 Å². The lowest BCUT2D eigenvalue weighted by Crippen LogP contribution is -2.12. The highest BCUT2D eigenvalue weighted by Crippen LogP contribution is 2.18. The van der Waals surface area contributed by atoms with Crippen molar-refractivity contribution in [2.45, 2.75) is 32.7 Å². The van der Waals surface area contributed by atoms with E-state index >= 15 is 0 Å². The van der Waals surface area contributed by atoms with E-state index in [1.807, 2.05) is 12.1 Å². The van der Waals surface area contributed by atoms with Gasteiger partial charge in [0.05, 0.1) is 5.69 Å². The van der Waals surface area contributed by atoms with Crippen molar-refractivity contribution >= 4 is 15.9 Å². The number of pyridine rings is 1. The quantitative estimate of drug-likeness (QED) is 0.898. The summed E-state index contributed by atoms with van der Waals surface area (Å²) < 4.78 is 0.998. The van der Waals surface area contributed by atoms with Gasteiger partial charge in [-0.25, -0.2) is 0 Å². The van der Waals surface area contributed by atoms with Crippen LogP contribution in [0, 0.1) is 5.92 Å². The second-order valence-corrected chi connectivity index (χ2v) is 4.89. The molecule has 1 rings (SSSR count). The highest BCUT2D eigenvalue weighted by molar-refractivity contribution is 9.10. The van der Waals surface area contributed by atoms with Crippen molar-refractivity contribution in [3.05, 3.63) is 28.5 Å². The molecule has 2 N–H and O–H groups in total. The van der Waals surface area contributed by atoms with Crippen LogP contribution >= 0.6 is 15.9 Å². The molecule has 0 aliphatic carbocycles. The van der Waals surface area contributed by atoms with E-state index in [0.29, 0.717) is 5.92 Å². The maximum Gasteiger partial charge on any atom is 0.0571 e. The first-order chi connectivity index (χ1) is 6.59. The molecule has 1 heterocycles. The molecule has 0 saturated heterocycles. The molecule has 0 bridgehead atoms. The minimum atomic E-state index is 0.0745. The Hall–Kier alpha value is -0.410. The van der Waals surface area contributed by atoms with Crippen molar-refractivity contribution in [3.8, 4) is 0 Å². The van der Waals surface area contributed by atoms with Crippen molar-refractivity contribution in [2.24, 2.45) is 11.7 Å². The van der Waals surface area contributed by atoms with Crippen molar-refractivity contribution in [1.82, 2.24) is 4.98 Å². The Kier molecular flexibility index (Phi) is 4.55. The average Bonchev–Trinajstić information content (AvgIpc) is 2.15. The van der Waals surface area contributed by atoms with Gasteiger partial charge in [-0.05, 0) is 46.8 Å². The third kappa shape index (κ3) is 3.76. The predicted molar refractivity (Wildman–Crippen MR) is 62.9 cm³/mol. The molecule has 0 fully saturated rings. The molecule has 2 nitrogen and oxygen atoms in total. The Morgan fingerprint density at radius 2 is 2.07 bits per heavy atom. The summed E-state index contributed by atoms with van der Waals surface area (Å²) in [4.78, 5) is 4.28. The van der Waals surface area contributed by atoms with Gasteiger partial charge in [-0.1, -0.05) is 13.8 Å². The van der Waals surface area contributed by atoms with Gasteiger partial charge in [0, 0.05) is 16.7 Å². The Bertz CT molecular complexity index is 269. The van der Waals surface area contributed by atoms with Gasteiger partial charge in [-0.2, -0.15) is 0 Å². The number of hydrogen-bond donors (Lipinski definition) is 1. The molecule has 0 spiro atoms. The van der Waals surface area contributed by atoms with Gasteiger partial charge in [0.25, 0.3) is 0 Å². The molecule has 78 valence electrons. The van der Waals surface area contributed by atoms with Crippen molar-refractivity contribution in [1.29, 1.82) is 0 Å². The Balaban J connectivity index is 2.52. The van der Waals surface area contributed by atoms with Gasteiger partial charge in [-0.3, -0.25) is 4.98 Å². The molecule has 0 radical (unpaired) electrons. The van der Waals surface area contributed by atoms with Crippen LogP contribution in [0.2, 0.25) is 0 Å². The van der Waals surface area contributed by atoms with Crippen molar-refractivity contribution in [2.75, 3.05) is 0 Å². The second-order valence-electron chi connectivity index (χ2n) is 3.98. The monoisotopic (exact) mass is 256 g/mol. The van der Waals surface area contributed by atoms with Gasteiger partial charge >= 0.3 is 0 Å². The smallest absolute Gasteiger partial charge is 0.0571 e. The van der Waals surface area contributed by atoms with Crippen LogP contribution < -0.4 is 5.73 Å². The molecule has 3 heteroatoms. The minimum Gasteiger partial charge on any atom is -0.323 e. The standard InChI is InChI=1S/C11H17BrN2/c1-8(2)3-5-10(13)11-6-4-9(12)7-14-11/h4,6-8,10H,3,5,13H2,1-2H3. The topological polar surface area (TPSA) is 38.9 Å². The maximum atomic E-state index is 6.02. The summed E-state index contributed by atoms with van der Waals surface area (Å²) in [6, 6.07) is 4.04. The zero-order valence-electron chi connectivity index (χ0n) is 8.70. The number of halogens is 1. The molecular formula is C11H17BrN2. The third-order valence-corrected chi connectivity index (χ3v) is 2.65. The summed E-state index contributed by atoms with van der Waals surface area (Å²) in [6.45, 7) is 4.42. The number of nitrogens with two attached hydrogens (primary N) is 1. The van der Waals surface area contributed by atoms with Gasteiger partial charge in [0.15, 0.2) is 0 Å².